The van der Waals surface area contributed by atoms with E-state index >= 15 is 0 Å². The first-order valence-corrected chi connectivity index (χ1v) is 22.5. The van der Waals surface area contributed by atoms with Crippen LogP contribution >= 0.6 is 15.8 Å². The molecule has 0 nitrogen and oxygen atoms in total. The van der Waals surface area contributed by atoms with E-state index in [9.17, 15) is 0 Å². The van der Waals surface area contributed by atoms with Crippen LogP contribution in [-0.4, -0.2) is 12.3 Å². The molecule has 5 rings (SSSR count). The molecule has 2 heteroatoms. The van der Waals surface area contributed by atoms with E-state index in [-0.39, 0.29) is 0 Å². The molecule has 2 atom stereocenters. The van der Waals surface area contributed by atoms with Crippen molar-refractivity contribution in [2.24, 2.45) is 11.8 Å². The Hall–Kier alpha value is -2.26. The molecular weight excluding hydrogens is 614 g/mol. The van der Waals surface area contributed by atoms with Crippen LogP contribution in [0.1, 0.15) is 113 Å². The smallest absolute Gasteiger partial charge is 0.0192 e. The van der Waals surface area contributed by atoms with Crippen LogP contribution in [0.5, 0.6) is 0 Å². The largest absolute Gasteiger partial charge is 0.0613 e. The van der Waals surface area contributed by atoms with E-state index in [1.54, 1.807) is 43.5 Å². The van der Waals surface area contributed by atoms with Gasteiger partial charge in [-0.15, -0.1) is 0 Å². The van der Waals surface area contributed by atoms with Crippen molar-refractivity contribution in [3.05, 3.63) is 117 Å². The van der Waals surface area contributed by atoms with Gasteiger partial charge in [-0.25, -0.2) is 0 Å². The van der Waals surface area contributed by atoms with Gasteiger partial charge in [0.25, 0.3) is 0 Å². The highest BCUT2D eigenvalue weighted by atomic mass is 31.1. The van der Waals surface area contributed by atoms with Crippen LogP contribution in [0.3, 0.4) is 0 Å². The standard InChI is InChI=1S/C46H62P2/c1-9-33-19-23-43(27-37(33)13-5)47(44-24-20-34(10-2)38(14-6)28-44)31-41-17-18-42(41)32-48(45-25-21-35(11-3)39(15-7)29-45)46-26-22-36(12-4)40(16-8)30-46/h19-30,41-42H,9-18,31-32H2,1-8H3/t41-,42-/m0/s1. The van der Waals surface area contributed by atoms with Crippen molar-refractivity contribution in [2.75, 3.05) is 12.3 Å². The molecule has 0 aliphatic heterocycles. The summed E-state index contributed by atoms with van der Waals surface area (Å²) in [7, 11) is -0.811. The zero-order chi connectivity index (χ0) is 34.2. The van der Waals surface area contributed by atoms with Crippen LogP contribution in [0.2, 0.25) is 0 Å². The Balaban J connectivity index is 1.51. The maximum absolute atomic E-state index is 2.60. The van der Waals surface area contributed by atoms with Crippen LogP contribution in [0.4, 0.5) is 0 Å². The van der Waals surface area contributed by atoms with Crippen molar-refractivity contribution in [2.45, 2.75) is 120 Å². The summed E-state index contributed by atoms with van der Waals surface area (Å²) in [5.74, 6) is 1.60. The average Bonchev–Trinajstić information content (AvgIpc) is 3.13. The van der Waals surface area contributed by atoms with Gasteiger partial charge in [-0.1, -0.05) is 128 Å². The summed E-state index contributed by atoms with van der Waals surface area (Å²) in [6.07, 6.45) is 14.4. The molecule has 0 bridgehead atoms. The number of rotatable bonds is 16. The van der Waals surface area contributed by atoms with E-state index in [2.05, 4.69) is 128 Å². The predicted octanol–water partition coefficient (Wildman–Crippen LogP) is 10.8. The zero-order valence-electron chi connectivity index (χ0n) is 31.5. The Labute approximate surface area is 297 Å². The molecular formula is C46H62P2. The fraction of sp³-hybridized carbons (Fsp3) is 0.478. The zero-order valence-corrected chi connectivity index (χ0v) is 33.3. The first-order valence-electron chi connectivity index (χ1n) is 19.4. The lowest BCUT2D eigenvalue weighted by Gasteiger charge is -2.41. The number of hydrogen-bond donors (Lipinski definition) is 0. The van der Waals surface area contributed by atoms with Gasteiger partial charge in [0, 0.05) is 0 Å². The first kappa shape index (κ1) is 37.0. The second kappa shape index (κ2) is 17.6. The van der Waals surface area contributed by atoms with Crippen LogP contribution < -0.4 is 21.2 Å². The molecule has 0 amide bonds. The third-order valence-electron chi connectivity index (χ3n) is 11.5. The Bertz CT molecular complexity index is 1410. The highest BCUT2D eigenvalue weighted by Gasteiger charge is 2.36. The van der Waals surface area contributed by atoms with Gasteiger partial charge in [-0.05, 0) is 170 Å². The molecule has 1 aliphatic rings. The molecule has 1 fully saturated rings. The quantitative estimate of drug-likeness (QED) is 0.104. The highest BCUT2D eigenvalue weighted by molar-refractivity contribution is 7.73. The minimum atomic E-state index is -0.405. The summed E-state index contributed by atoms with van der Waals surface area (Å²) in [6, 6.07) is 30.3. The van der Waals surface area contributed by atoms with E-state index in [0.717, 1.165) is 63.2 Å². The fourth-order valence-electron chi connectivity index (χ4n) is 8.12. The third-order valence-corrected chi connectivity index (χ3v) is 16.7. The molecule has 4 aromatic carbocycles. The van der Waals surface area contributed by atoms with Crippen molar-refractivity contribution in [1.82, 2.24) is 0 Å². The summed E-state index contributed by atoms with van der Waals surface area (Å²) < 4.78 is 0. The van der Waals surface area contributed by atoms with Crippen LogP contribution in [0, 0.1) is 11.8 Å². The number of hydrogen-bond acceptors (Lipinski definition) is 0. The topological polar surface area (TPSA) is 0 Å². The molecule has 1 aliphatic carbocycles. The Morgan fingerprint density at radius 3 is 0.771 bits per heavy atom. The molecule has 1 saturated carbocycles. The lowest BCUT2D eigenvalue weighted by molar-refractivity contribution is 0.228. The minimum Gasteiger partial charge on any atom is -0.0613 e. The van der Waals surface area contributed by atoms with Gasteiger partial charge < -0.3 is 0 Å². The van der Waals surface area contributed by atoms with Gasteiger partial charge >= 0.3 is 0 Å². The molecule has 256 valence electrons. The maximum atomic E-state index is 2.60. The van der Waals surface area contributed by atoms with Crippen LogP contribution in [0.25, 0.3) is 0 Å². The average molecular weight is 677 g/mol. The van der Waals surface area contributed by atoms with Crippen LogP contribution in [0.15, 0.2) is 72.8 Å². The van der Waals surface area contributed by atoms with E-state index in [0.29, 0.717) is 0 Å². The SMILES string of the molecule is CCc1ccc(P(C[C@@H]2CC[C@H]2CP(c2ccc(CC)c(CC)c2)c2ccc(CC)c(CC)c2)c2ccc(CC)c(CC)c2)cc1CC. The van der Waals surface area contributed by atoms with Crippen molar-refractivity contribution < 1.29 is 0 Å². The maximum Gasteiger partial charge on any atom is -0.0192 e. The Morgan fingerprint density at radius 1 is 0.354 bits per heavy atom. The summed E-state index contributed by atoms with van der Waals surface area (Å²) >= 11 is 0. The summed E-state index contributed by atoms with van der Waals surface area (Å²) in [5, 5.41) is 6.40. The van der Waals surface area contributed by atoms with Crippen molar-refractivity contribution >= 4 is 37.1 Å². The van der Waals surface area contributed by atoms with Gasteiger partial charge in [0.15, 0.2) is 0 Å². The molecule has 0 aromatic heterocycles. The molecule has 0 unspecified atom stereocenters. The first-order chi connectivity index (χ1) is 23.4. The predicted molar refractivity (Wildman–Crippen MR) is 219 cm³/mol. The van der Waals surface area contributed by atoms with Crippen LogP contribution in [-0.2, 0) is 51.4 Å². The van der Waals surface area contributed by atoms with Gasteiger partial charge in [-0.2, -0.15) is 0 Å². The molecule has 4 aromatic rings. The molecule has 0 spiro atoms. The molecule has 0 radical (unpaired) electrons. The summed E-state index contributed by atoms with van der Waals surface area (Å²) in [4.78, 5) is 0. The Kier molecular flexibility index (Phi) is 13.6. The fourth-order valence-corrected chi connectivity index (χ4v) is 13.7. The van der Waals surface area contributed by atoms with Crippen molar-refractivity contribution in [3.63, 3.8) is 0 Å². The normalized spacial score (nSPS) is 16.1. The monoisotopic (exact) mass is 676 g/mol. The second-order valence-electron chi connectivity index (χ2n) is 14.0. The van der Waals surface area contributed by atoms with Gasteiger partial charge in [0.05, 0.1) is 0 Å². The number of benzene rings is 4. The molecule has 0 saturated heterocycles. The second-order valence-corrected chi connectivity index (χ2v) is 18.5. The Morgan fingerprint density at radius 2 is 0.583 bits per heavy atom. The van der Waals surface area contributed by atoms with Crippen molar-refractivity contribution in [3.8, 4) is 0 Å². The van der Waals surface area contributed by atoms with Gasteiger partial charge in [0.1, 0.15) is 0 Å². The summed E-state index contributed by atoms with van der Waals surface area (Å²) in [6.45, 7) is 18.6. The van der Waals surface area contributed by atoms with E-state index < -0.39 is 15.8 Å². The summed E-state index contributed by atoms with van der Waals surface area (Å²) in [5.41, 5.74) is 12.3. The third kappa shape index (κ3) is 8.20. The van der Waals surface area contributed by atoms with Crippen molar-refractivity contribution in [1.29, 1.82) is 0 Å². The minimum absolute atomic E-state index is 0.405. The van der Waals surface area contributed by atoms with E-state index in [1.807, 2.05) is 0 Å². The molecule has 0 N–H and O–H groups in total. The van der Waals surface area contributed by atoms with E-state index in [4.69, 9.17) is 0 Å². The van der Waals surface area contributed by atoms with Gasteiger partial charge in [-0.3, -0.25) is 0 Å². The molecule has 48 heavy (non-hydrogen) atoms. The highest BCUT2D eigenvalue weighted by Crippen LogP contribution is 2.50. The van der Waals surface area contributed by atoms with Gasteiger partial charge in [0.2, 0.25) is 0 Å². The lowest BCUT2D eigenvalue weighted by Crippen LogP contribution is -2.35. The lowest BCUT2D eigenvalue weighted by atomic mass is 9.76. The van der Waals surface area contributed by atoms with E-state index in [1.165, 1.54) is 47.4 Å². The number of aryl methyl sites for hydroxylation is 8. The molecule has 0 heterocycles.